The lowest BCUT2D eigenvalue weighted by Crippen LogP contribution is -2.23. The molecule has 1 N–H and O–H groups in total. The van der Waals surface area contributed by atoms with Gasteiger partial charge in [0.2, 0.25) is 11.6 Å². The van der Waals surface area contributed by atoms with E-state index in [-0.39, 0.29) is 18.8 Å². The topological polar surface area (TPSA) is 72.8 Å². The molecule has 0 aliphatic heterocycles. The SMILES string of the molecule is CCOP(=O)(OCC)[C@H](O)C(=O)c1ccccc1. The lowest BCUT2D eigenvalue weighted by molar-refractivity contribution is 0.0788. The molecular weight excluding hydrogens is 255 g/mol. The van der Waals surface area contributed by atoms with E-state index in [1.165, 1.54) is 12.1 Å². The second-order valence-electron chi connectivity index (χ2n) is 3.48. The van der Waals surface area contributed by atoms with Gasteiger partial charge in [0.25, 0.3) is 0 Å². The van der Waals surface area contributed by atoms with Crippen molar-refractivity contribution in [1.29, 1.82) is 0 Å². The Morgan fingerprint density at radius 1 is 1.22 bits per heavy atom. The summed E-state index contributed by atoms with van der Waals surface area (Å²) in [5, 5.41) is 9.89. The van der Waals surface area contributed by atoms with Crippen LogP contribution in [0.1, 0.15) is 24.2 Å². The van der Waals surface area contributed by atoms with Crippen molar-refractivity contribution in [2.24, 2.45) is 0 Å². The molecule has 100 valence electrons. The molecule has 0 radical (unpaired) electrons. The first-order valence-electron chi connectivity index (χ1n) is 5.71. The Balaban J connectivity index is 2.93. The van der Waals surface area contributed by atoms with E-state index in [4.69, 9.17) is 9.05 Å². The fourth-order valence-electron chi connectivity index (χ4n) is 1.43. The highest BCUT2D eigenvalue weighted by atomic mass is 31.2. The Bertz CT molecular complexity index is 421. The molecule has 0 fully saturated rings. The summed E-state index contributed by atoms with van der Waals surface area (Å²) in [6, 6.07) is 8.13. The molecule has 6 heteroatoms. The predicted molar refractivity (Wildman–Crippen MR) is 67.6 cm³/mol. The third-order valence-electron chi connectivity index (χ3n) is 2.21. The maximum absolute atomic E-state index is 12.2. The normalized spacial score (nSPS) is 13.3. The number of benzene rings is 1. The Morgan fingerprint density at radius 3 is 2.17 bits per heavy atom. The number of carbonyl (C=O) groups is 1. The van der Waals surface area contributed by atoms with Gasteiger partial charge in [-0.15, -0.1) is 0 Å². The van der Waals surface area contributed by atoms with Crippen molar-refractivity contribution in [3.8, 4) is 0 Å². The van der Waals surface area contributed by atoms with Crippen molar-refractivity contribution >= 4 is 13.4 Å². The Kier molecular flexibility index (Phi) is 5.69. The summed E-state index contributed by atoms with van der Waals surface area (Å²) in [5.41, 5.74) is 0.268. The third-order valence-corrected chi connectivity index (χ3v) is 4.28. The largest absolute Gasteiger partial charge is 0.374 e. The quantitative estimate of drug-likeness (QED) is 0.609. The van der Waals surface area contributed by atoms with Crippen LogP contribution >= 0.6 is 7.60 Å². The van der Waals surface area contributed by atoms with Gasteiger partial charge in [-0.2, -0.15) is 0 Å². The lowest BCUT2D eigenvalue weighted by atomic mass is 10.1. The zero-order chi connectivity index (χ0) is 13.6. The van der Waals surface area contributed by atoms with Crippen LogP contribution in [-0.2, 0) is 13.6 Å². The number of aliphatic hydroxyl groups is 1. The second kappa shape index (κ2) is 6.81. The van der Waals surface area contributed by atoms with Gasteiger partial charge in [0, 0.05) is 5.56 Å². The monoisotopic (exact) mass is 272 g/mol. The van der Waals surface area contributed by atoms with Crippen LogP contribution in [0.4, 0.5) is 0 Å². The Morgan fingerprint density at radius 2 is 1.72 bits per heavy atom. The number of ketones is 1. The first kappa shape index (κ1) is 15.1. The van der Waals surface area contributed by atoms with E-state index in [1.807, 2.05) is 0 Å². The molecule has 0 aliphatic carbocycles. The molecule has 0 saturated carbocycles. The van der Waals surface area contributed by atoms with E-state index in [0.29, 0.717) is 0 Å². The highest BCUT2D eigenvalue weighted by Gasteiger charge is 2.39. The van der Waals surface area contributed by atoms with Crippen LogP contribution in [0.5, 0.6) is 0 Å². The van der Waals surface area contributed by atoms with Gasteiger partial charge in [0.1, 0.15) is 0 Å². The van der Waals surface area contributed by atoms with Gasteiger partial charge in [-0.25, -0.2) is 0 Å². The van der Waals surface area contributed by atoms with Gasteiger partial charge >= 0.3 is 7.60 Å². The highest BCUT2D eigenvalue weighted by molar-refractivity contribution is 7.55. The van der Waals surface area contributed by atoms with Gasteiger partial charge < -0.3 is 14.2 Å². The van der Waals surface area contributed by atoms with E-state index in [0.717, 1.165) is 0 Å². The average Bonchev–Trinajstić information content (AvgIpc) is 2.38. The first-order valence-corrected chi connectivity index (χ1v) is 7.32. The first-order chi connectivity index (χ1) is 8.55. The maximum atomic E-state index is 12.2. The minimum absolute atomic E-state index is 0.0937. The number of carbonyl (C=O) groups excluding carboxylic acids is 1. The molecule has 0 aromatic heterocycles. The minimum atomic E-state index is -3.83. The Hall–Kier alpha value is -1.00. The van der Waals surface area contributed by atoms with Crippen molar-refractivity contribution in [3.05, 3.63) is 35.9 Å². The molecule has 0 amide bonds. The summed E-state index contributed by atoms with van der Waals surface area (Å²) < 4.78 is 22.1. The van der Waals surface area contributed by atoms with Crippen LogP contribution in [0.15, 0.2) is 30.3 Å². The minimum Gasteiger partial charge on any atom is -0.374 e. The van der Waals surface area contributed by atoms with Gasteiger partial charge in [-0.05, 0) is 13.8 Å². The van der Waals surface area contributed by atoms with Gasteiger partial charge in [0.15, 0.2) is 0 Å². The van der Waals surface area contributed by atoms with E-state index in [2.05, 4.69) is 0 Å². The maximum Gasteiger partial charge on any atom is 0.366 e. The number of hydrogen-bond donors (Lipinski definition) is 1. The molecule has 5 nitrogen and oxygen atoms in total. The van der Waals surface area contributed by atoms with E-state index >= 15 is 0 Å². The number of rotatable bonds is 7. The van der Waals surface area contributed by atoms with Crippen molar-refractivity contribution in [3.63, 3.8) is 0 Å². The van der Waals surface area contributed by atoms with Crippen molar-refractivity contribution in [2.75, 3.05) is 13.2 Å². The molecule has 0 heterocycles. The fraction of sp³-hybridized carbons (Fsp3) is 0.417. The number of hydrogen-bond acceptors (Lipinski definition) is 5. The highest BCUT2D eigenvalue weighted by Crippen LogP contribution is 2.52. The number of Topliss-reactive ketones (excluding diaryl/α,β-unsaturated/α-hetero) is 1. The van der Waals surface area contributed by atoms with Crippen LogP contribution in [0, 0.1) is 0 Å². The van der Waals surface area contributed by atoms with Crippen LogP contribution in [0.2, 0.25) is 0 Å². The fourth-order valence-corrected chi connectivity index (χ4v) is 2.95. The standard InChI is InChI=1S/C12H17O5P/c1-3-16-18(15,17-4-2)12(14)11(13)10-8-6-5-7-9-10/h5-9,12,14H,3-4H2,1-2H3/t12-/m0/s1. The van der Waals surface area contributed by atoms with E-state index in [1.54, 1.807) is 32.0 Å². The molecule has 1 atom stereocenters. The number of aliphatic hydroxyl groups excluding tert-OH is 1. The summed E-state index contributed by atoms with van der Waals surface area (Å²) in [6.07, 6.45) is 0. The van der Waals surface area contributed by atoms with E-state index in [9.17, 15) is 14.5 Å². The summed E-state index contributed by atoms with van der Waals surface area (Å²) in [6.45, 7) is 3.42. The third kappa shape index (κ3) is 3.50. The molecular formula is C12H17O5P. The predicted octanol–water partition coefficient (Wildman–Crippen LogP) is 2.45. The van der Waals surface area contributed by atoms with Gasteiger partial charge in [-0.1, -0.05) is 30.3 Å². The van der Waals surface area contributed by atoms with Crippen LogP contribution in [-0.4, -0.2) is 29.9 Å². The molecule has 1 rings (SSSR count). The zero-order valence-corrected chi connectivity index (χ0v) is 11.3. The summed E-state index contributed by atoms with van der Waals surface area (Å²) >= 11 is 0. The Labute approximate surface area is 106 Å². The van der Waals surface area contributed by atoms with Crippen molar-refractivity contribution < 1.29 is 23.5 Å². The van der Waals surface area contributed by atoms with Crippen molar-refractivity contribution in [1.82, 2.24) is 0 Å². The van der Waals surface area contributed by atoms with Crippen LogP contribution in [0.25, 0.3) is 0 Å². The zero-order valence-electron chi connectivity index (χ0n) is 10.4. The van der Waals surface area contributed by atoms with Gasteiger partial charge in [0.05, 0.1) is 13.2 Å². The molecule has 0 bridgehead atoms. The van der Waals surface area contributed by atoms with Crippen LogP contribution in [0.3, 0.4) is 0 Å². The molecule has 0 aliphatic rings. The van der Waals surface area contributed by atoms with Crippen molar-refractivity contribution in [2.45, 2.75) is 19.7 Å². The molecule has 0 saturated heterocycles. The van der Waals surface area contributed by atoms with Crippen LogP contribution < -0.4 is 0 Å². The molecule has 18 heavy (non-hydrogen) atoms. The molecule has 0 unspecified atom stereocenters. The second-order valence-corrected chi connectivity index (χ2v) is 5.56. The summed E-state index contributed by atoms with van der Waals surface area (Å²) in [7, 11) is -3.83. The summed E-state index contributed by atoms with van der Waals surface area (Å²) in [5.74, 6) is -2.46. The molecule has 0 spiro atoms. The molecule has 1 aromatic carbocycles. The van der Waals surface area contributed by atoms with E-state index < -0.39 is 19.2 Å². The smallest absolute Gasteiger partial charge is 0.366 e. The van der Waals surface area contributed by atoms with Gasteiger partial charge in [-0.3, -0.25) is 9.36 Å². The average molecular weight is 272 g/mol. The summed E-state index contributed by atoms with van der Waals surface area (Å²) in [4.78, 5) is 12.0. The molecule has 1 aromatic rings. The lowest BCUT2D eigenvalue weighted by Gasteiger charge is -2.21.